The lowest BCUT2D eigenvalue weighted by Gasteiger charge is -2.11. The molecule has 2 aromatic carbocycles. The van der Waals surface area contributed by atoms with Crippen LogP contribution in [-0.2, 0) is 4.79 Å². The number of hydrogen-bond acceptors (Lipinski definition) is 4. The highest BCUT2D eigenvalue weighted by molar-refractivity contribution is 5.92. The molecule has 0 heterocycles. The van der Waals surface area contributed by atoms with E-state index in [0.29, 0.717) is 35.6 Å². The van der Waals surface area contributed by atoms with E-state index < -0.39 is 0 Å². The van der Waals surface area contributed by atoms with Crippen LogP contribution in [0.15, 0.2) is 42.5 Å². The van der Waals surface area contributed by atoms with Crippen LogP contribution in [0.2, 0.25) is 0 Å². The van der Waals surface area contributed by atoms with Crippen LogP contribution in [0.1, 0.15) is 29.3 Å². The predicted molar refractivity (Wildman–Crippen MR) is 92.9 cm³/mol. The van der Waals surface area contributed by atoms with Crippen molar-refractivity contribution < 1.29 is 19.1 Å². The highest BCUT2D eigenvalue weighted by Gasteiger charge is 2.09. The van der Waals surface area contributed by atoms with Gasteiger partial charge in [-0.3, -0.25) is 9.59 Å². The Bertz CT molecular complexity index is 712. The summed E-state index contributed by atoms with van der Waals surface area (Å²) >= 11 is 0. The topological polar surface area (TPSA) is 64.6 Å². The second-order valence-electron chi connectivity index (χ2n) is 5.37. The number of amides is 1. The summed E-state index contributed by atoms with van der Waals surface area (Å²) in [7, 11) is 0. The summed E-state index contributed by atoms with van der Waals surface area (Å²) in [6.07, 6.45) is 1.57. The SMILES string of the molecule is CCCOc1ccc(C=O)c(OCC(=O)Nc2cccc(C)c2)c1. The molecule has 1 amide bonds. The Morgan fingerprint density at radius 1 is 1.17 bits per heavy atom. The van der Waals surface area contributed by atoms with Crippen molar-refractivity contribution in [3.63, 3.8) is 0 Å². The molecule has 2 aromatic rings. The Labute approximate surface area is 141 Å². The summed E-state index contributed by atoms with van der Waals surface area (Å²) in [6, 6.07) is 12.4. The van der Waals surface area contributed by atoms with Gasteiger partial charge in [0.2, 0.25) is 0 Å². The van der Waals surface area contributed by atoms with Crippen molar-refractivity contribution in [1.82, 2.24) is 0 Å². The smallest absolute Gasteiger partial charge is 0.262 e. The Morgan fingerprint density at radius 2 is 2.00 bits per heavy atom. The number of benzene rings is 2. The average molecular weight is 327 g/mol. The monoisotopic (exact) mass is 327 g/mol. The van der Waals surface area contributed by atoms with E-state index in [0.717, 1.165) is 12.0 Å². The maximum absolute atomic E-state index is 12.0. The van der Waals surface area contributed by atoms with E-state index in [1.165, 1.54) is 0 Å². The van der Waals surface area contributed by atoms with Gasteiger partial charge in [-0.2, -0.15) is 0 Å². The third-order valence-corrected chi connectivity index (χ3v) is 3.25. The predicted octanol–water partition coefficient (Wildman–Crippen LogP) is 3.61. The average Bonchev–Trinajstić information content (AvgIpc) is 2.58. The van der Waals surface area contributed by atoms with Gasteiger partial charge in [0.05, 0.1) is 12.2 Å². The molecule has 0 radical (unpaired) electrons. The Kier molecular flexibility index (Phi) is 6.37. The number of aldehydes is 1. The van der Waals surface area contributed by atoms with Crippen molar-refractivity contribution in [1.29, 1.82) is 0 Å². The van der Waals surface area contributed by atoms with Crippen LogP contribution in [0.3, 0.4) is 0 Å². The fourth-order valence-corrected chi connectivity index (χ4v) is 2.11. The Hall–Kier alpha value is -2.82. The van der Waals surface area contributed by atoms with Crippen molar-refractivity contribution in [3.8, 4) is 11.5 Å². The molecule has 0 bridgehead atoms. The fourth-order valence-electron chi connectivity index (χ4n) is 2.11. The van der Waals surface area contributed by atoms with E-state index in [-0.39, 0.29) is 12.5 Å². The number of carbonyl (C=O) groups is 2. The van der Waals surface area contributed by atoms with Gasteiger partial charge in [0.15, 0.2) is 12.9 Å². The lowest BCUT2D eigenvalue weighted by Crippen LogP contribution is -2.20. The maximum atomic E-state index is 12.0. The fraction of sp³-hybridized carbons (Fsp3) is 0.263. The number of aryl methyl sites for hydroxylation is 1. The number of anilines is 1. The Balaban J connectivity index is 1.99. The van der Waals surface area contributed by atoms with Gasteiger partial charge in [0, 0.05) is 11.8 Å². The molecule has 24 heavy (non-hydrogen) atoms. The molecule has 2 rings (SSSR count). The molecular formula is C19H21NO4. The highest BCUT2D eigenvalue weighted by atomic mass is 16.5. The standard InChI is InChI=1S/C19H21NO4/c1-3-9-23-17-8-7-15(12-21)18(11-17)24-13-19(22)20-16-6-4-5-14(2)10-16/h4-8,10-12H,3,9,13H2,1-2H3,(H,20,22). The van der Waals surface area contributed by atoms with Crippen LogP contribution >= 0.6 is 0 Å². The van der Waals surface area contributed by atoms with Crippen molar-refractivity contribution in [3.05, 3.63) is 53.6 Å². The molecule has 1 N–H and O–H groups in total. The summed E-state index contributed by atoms with van der Waals surface area (Å²) in [5.74, 6) is 0.645. The van der Waals surface area contributed by atoms with E-state index in [1.807, 2.05) is 32.0 Å². The van der Waals surface area contributed by atoms with Crippen molar-refractivity contribution in [2.75, 3.05) is 18.5 Å². The number of ether oxygens (including phenoxy) is 2. The van der Waals surface area contributed by atoms with E-state index in [1.54, 1.807) is 24.3 Å². The summed E-state index contributed by atoms with van der Waals surface area (Å²) in [5.41, 5.74) is 2.14. The third kappa shape index (κ3) is 5.12. The minimum absolute atomic E-state index is 0.188. The van der Waals surface area contributed by atoms with Crippen molar-refractivity contribution >= 4 is 17.9 Å². The van der Waals surface area contributed by atoms with Crippen LogP contribution in [0.25, 0.3) is 0 Å². The molecule has 126 valence electrons. The Morgan fingerprint density at radius 3 is 2.71 bits per heavy atom. The molecule has 0 saturated heterocycles. The quantitative estimate of drug-likeness (QED) is 0.752. The first-order chi connectivity index (χ1) is 11.6. The number of hydrogen-bond donors (Lipinski definition) is 1. The van der Waals surface area contributed by atoms with Gasteiger partial charge in [-0.15, -0.1) is 0 Å². The van der Waals surface area contributed by atoms with Crippen LogP contribution in [0.4, 0.5) is 5.69 Å². The van der Waals surface area contributed by atoms with E-state index >= 15 is 0 Å². The summed E-state index contributed by atoms with van der Waals surface area (Å²) in [5, 5.41) is 2.76. The van der Waals surface area contributed by atoms with Crippen LogP contribution in [-0.4, -0.2) is 25.4 Å². The minimum atomic E-state index is -0.294. The van der Waals surface area contributed by atoms with Gasteiger partial charge in [0.25, 0.3) is 5.91 Å². The second kappa shape index (κ2) is 8.72. The third-order valence-electron chi connectivity index (χ3n) is 3.25. The van der Waals surface area contributed by atoms with Crippen molar-refractivity contribution in [2.45, 2.75) is 20.3 Å². The molecule has 0 fully saturated rings. The normalized spacial score (nSPS) is 10.1. The molecule has 0 spiro atoms. The second-order valence-corrected chi connectivity index (χ2v) is 5.37. The van der Waals surface area contributed by atoms with Gasteiger partial charge in [-0.25, -0.2) is 0 Å². The molecule has 0 aromatic heterocycles. The molecule has 0 aliphatic carbocycles. The largest absolute Gasteiger partial charge is 0.493 e. The first-order valence-corrected chi connectivity index (χ1v) is 7.83. The number of nitrogens with one attached hydrogen (secondary N) is 1. The minimum Gasteiger partial charge on any atom is -0.493 e. The lowest BCUT2D eigenvalue weighted by molar-refractivity contribution is -0.118. The molecule has 0 atom stereocenters. The van der Waals surface area contributed by atoms with E-state index in [2.05, 4.69) is 5.32 Å². The van der Waals surface area contributed by atoms with Gasteiger partial charge in [0.1, 0.15) is 11.5 Å². The number of carbonyl (C=O) groups excluding carboxylic acids is 2. The van der Waals surface area contributed by atoms with Gasteiger partial charge in [-0.1, -0.05) is 19.1 Å². The zero-order valence-electron chi connectivity index (χ0n) is 13.9. The lowest BCUT2D eigenvalue weighted by atomic mass is 10.2. The molecule has 5 nitrogen and oxygen atoms in total. The molecule has 0 saturated carbocycles. The first-order valence-electron chi connectivity index (χ1n) is 7.83. The number of rotatable bonds is 8. The highest BCUT2D eigenvalue weighted by Crippen LogP contribution is 2.24. The maximum Gasteiger partial charge on any atom is 0.262 e. The molecule has 0 unspecified atom stereocenters. The van der Waals surface area contributed by atoms with E-state index in [9.17, 15) is 9.59 Å². The van der Waals surface area contributed by atoms with Gasteiger partial charge >= 0.3 is 0 Å². The van der Waals surface area contributed by atoms with Crippen LogP contribution < -0.4 is 14.8 Å². The van der Waals surface area contributed by atoms with Crippen molar-refractivity contribution in [2.24, 2.45) is 0 Å². The van der Waals surface area contributed by atoms with E-state index in [4.69, 9.17) is 9.47 Å². The molecule has 5 heteroatoms. The summed E-state index contributed by atoms with van der Waals surface area (Å²) in [6.45, 7) is 4.34. The van der Waals surface area contributed by atoms with Crippen LogP contribution in [0.5, 0.6) is 11.5 Å². The van der Waals surface area contributed by atoms with Gasteiger partial charge in [-0.05, 0) is 43.2 Å². The summed E-state index contributed by atoms with van der Waals surface area (Å²) in [4.78, 5) is 23.1. The molecule has 0 aliphatic heterocycles. The van der Waals surface area contributed by atoms with Gasteiger partial charge < -0.3 is 14.8 Å². The summed E-state index contributed by atoms with van der Waals surface area (Å²) < 4.78 is 11.0. The van der Waals surface area contributed by atoms with Crippen LogP contribution in [0, 0.1) is 6.92 Å². The molecule has 0 aliphatic rings. The zero-order valence-corrected chi connectivity index (χ0v) is 13.9. The molecular weight excluding hydrogens is 306 g/mol. The first kappa shape index (κ1) is 17.5. The zero-order chi connectivity index (χ0) is 17.4.